The average Bonchev–Trinajstić information content (AvgIpc) is 2.31. The quantitative estimate of drug-likeness (QED) is 0.564. The van der Waals surface area contributed by atoms with Crippen LogP contribution in [0, 0.1) is 0 Å². The van der Waals surface area contributed by atoms with Crippen LogP contribution in [0.1, 0.15) is 11.1 Å². The minimum Gasteiger partial charge on any atom is -0.0831 e. The molecule has 3 heteroatoms. The Morgan fingerprint density at radius 2 is 1.71 bits per heavy atom. The third-order valence-electron chi connectivity index (χ3n) is 2.29. The van der Waals surface area contributed by atoms with Crippen molar-refractivity contribution in [2.45, 2.75) is 0 Å². The van der Waals surface area contributed by atoms with Crippen molar-refractivity contribution in [1.29, 1.82) is 0 Å². The van der Waals surface area contributed by atoms with Crippen LogP contribution in [0.25, 0.3) is 12.2 Å². The molecule has 0 radical (unpaired) electrons. The predicted molar refractivity (Wildman–Crippen MR) is 82.2 cm³/mol. The van der Waals surface area contributed by atoms with Gasteiger partial charge >= 0.3 is 0 Å². The number of benzene rings is 2. The highest BCUT2D eigenvalue weighted by Gasteiger charge is 1.99. The molecule has 0 saturated heterocycles. The average molecular weight is 372 g/mol. The maximum Gasteiger partial charge on any atom is 0.0554 e. The highest BCUT2D eigenvalue weighted by Crippen LogP contribution is 2.27. The van der Waals surface area contributed by atoms with E-state index in [1.165, 1.54) is 0 Å². The molecule has 2 aromatic carbocycles. The van der Waals surface area contributed by atoms with Crippen LogP contribution in [0.5, 0.6) is 0 Å². The van der Waals surface area contributed by atoms with Gasteiger partial charge in [-0.2, -0.15) is 0 Å². The zero-order valence-corrected chi connectivity index (χ0v) is 12.8. The van der Waals surface area contributed by atoms with Crippen molar-refractivity contribution in [3.63, 3.8) is 0 Å². The summed E-state index contributed by atoms with van der Waals surface area (Å²) < 4.78 is 2.00. The molecule has 86 valence electrons. The lowest BCUT2D eigenvalue weighted by Crippen LogP contribution is -1.77. The molecule has 0 spiro atoms. The summed E-state index contributed by atoms with van der Waals surface area (Å²) in [6, 6.07) is 14.0. The molecule has 0 bridgehead atoms. The molecule has 0 aliphatic rings. The van der Waals surface area contributed by atoms with Gasteiger partial charge in [-0.05, 0) is 45.3 Å². The molecule has 0 saturated carbocycles. The molecule has 17 heavy (non-hydrogen) atoms. The second kappa shape index (κ2) is 5.85. The smallest absolute Gasteiger partial charge is 0.0554 e. The second-order valence-corrected chi connectivity index (χ2v) is 5.65. The van der Waals surface area contributed by atoms with Crippen LogP contribution >= 0.6 is 43.5 Å². The number of halogens is 3. The topological polar surface area (TPSA) is 0 Å². The van der Waals surface area contributed by atoms with E-state index in [2.05, 4.69) is 50.1 Å². The Hall–Kier alpha value is -0.570. The molecule has 0 fully saturated rings. The van der Waals surface area contributed by atoms with Crippen LogP contribution < -0.4 is 0 Å². The minimum absolute atomic E-state index is 0.724. The lowest BCUT2D eigenvalue weighted by atomic mass is 10.1. The molecule has 2 aromatic rings. The Morgan fingerprint density at radius 3 is 2.47 bits per heavy atom. The third kappa shape index (κ3) is 3.44. The van der Waals surface area contributed by atoms with Gasteiger partial charge in [0, 0.05) is 8.95 Å². The Balaban J connectivity index is 2.29. The first-order chi connectivity index (χ1) is 8.16. The van der Waals surface area contributed by atoms with Crippen LogP contribution in [-0.2, 0) is 0 Å². The Bertz CT molecular complexity index is 562. The fourth-order valence-corrected chi connectivity index (χ4v) is 2.44. The number of hydrogen-bond donors (Lipinski definition) is 0. The fourth-order valence-electron chi connectivity index (χ4n) is 1.45. The monoisotopic (exact) mass is 370 g/mol. The van der Waals surface area contributed by atoms with E-state index in [1.807, 2.05) is 36.4 Å². The molecule has 0 heterocycles. The van der Waals surface area contributed by atoms with E-state index in [0.717, 1.165) is 25.1 Å². The van der Waals surface area contributed by atoms with E-state index >= 15 is 0 Å². The van der Waals surface area contributed by atoms with Gasteiger partial charge in [-0.15, -0.1) is 0 Å². The van der Waals surface area contributed by atoms with Gasteiger partial charge < -0.3 is 0 Å². The van der Waals surface area contributed by atoms with Crippen LogP contribution in [0.4, 0.5) is 0 Å². The fraction of sp³-hybridized carbons (Fsp3) is 0. The van der Waals surface area contributed by atoms with E-state index < -0.39 is 0 Å². The van der Waals surface area contributed by atoms with Crippen molar-refractivity contribution in [2.75, 3.05) is 0 Å². The van der Waals surface area contributed by atoms with Crippen molar-refractivity contribution in [1.82, 2.24) is 0 Å². The maximum absolute atomic E-state index is 6.03. The largest absolute Gasteiger partial charge is 0.0831 e. The second-order valence-electron chi connectivity index (χ2n) is 3.53. The van der Waals surface area contributed by atoms with Gasteiger partial charge in [-0.3, -0.25) is 0 Å². The first kappa shape index (κ1) is 12.9. The van der Waals surface area contributed by atoms with Crippen molar-refractivity contribution in [3.8, 4) is 0 Å². The zero-order valence-electron chi connectivity index (χ0n) is 8.83. The van der Waals surface area contributed by atoms with E-state index in [4.69, 9.17) is 11.6 Å². The van der Waals surface area contributed by atoms with Crippen LogP contribution in [0.15, 0.2) is 51.4 Å². The SMILES string of the molecule is Clc1cccc(C=Cc2cccc(Br)c2)c1Br. The molecule has 0 aliphatic heterocycles. The summed E-state index contributed by atoms with van der Waals surface area (Å²) in [4.78, 5) is 0. The standard InChI is InChI=1S/C14H9Br2Cl/c15-12-5-1-3-10(9-12)7-8-11-4-2-6-13(17)14(11)16/h1-9H. The lowest BCUT2D eigenvalue weighted by Gasteiger charge is -2.00. The van der Waals surface area contributed by atoms with Gasteiger partial charge in [0.2, 0.25) is 0 Å². The molecule has 0 atom stereocenters. The summed E-state index contributed by atoms with van der Waals surface area (Å²) in [5, 5.41) is 0.724. The summed E-state index contributed by atoms with van der Waals surface area (Å²) in [6.07, 6.45) is 4.10. The number of rotatable bonds is 2. The van der Waals surface area contributed by atoms with E-state index in [0.29, 0.717) is 0 Å². The minimum atomic E-state index is 0.724. The Labute approximate surface area is 123 Å². The molecule has 0 aromatic heterocycles. The molecular weight excluding hydrogens is 363 g/mol. The van der Waals surface area contributed by atoms with Gasteiger partial charge in [0.05, 0.1) is 5.02 Å². The van der Waals surface area contributed by atoms with Crippen molar-refractivity contribution in [2.24, 2.45) is 0 Å². The molecule has 0 nitrogen and oxygen atoms in total. The molecule has 0 N–H and O–H groups in total. The summed E-state index contributed by atoms with van der Waals surface area (Å²) in [6.45, 7) is 0. The lowest BCUT2D eigenvalue weighted by molar-refractivity contribution is 1.59. The van der Waals surface area contributed by atoms with Crippen LogP contribution in [0.2, 0.25) is 5.02 Å². The van der Waals surface area contributed by atoms with E-state index in [-0.39, 0.29) is 0 Å². The maximum atomic E-state index is 6.03. The number of hydrogen-bond acceptors (Lipinski definition) is 0. The predicted octanol–water partition coefficient (Wildman–Crippen LogP) is 6.04. The van der Waals surface area contributed by atoms with Crippen molar-refractivity contribution in [3.05, 3.63) is 67.6 Å². The third-order valence-corrected chi connectivity index (χ3v) is 4.21. The highest BCUT2D eigenvalue weighted by molar-refractivity contribution is 9.10. The normalized spacial score (nSPS) is 11.0. The van der Waals surface area contributed by atoms with Gasteiger partial charge in [0.25, 0.3) is 0 Å². The summed E-state index contributed by atoms with van der Waals surface area (Å²) >= 11 is 13.0. The first-order valence-electron chi connectivity index (χ1n) is 5.04. The summed E-state index contributed by atoms with van der Waals surface area (Å²) in [5.41, 5.74) is 2.21. The van der Waals surface area contributed by atoms with Gasteiger partial charge in [0.15, 0.2) is 0 Å². The first-order valence-corrected chi connectivity index (χ1v) is 7.01. The zero-order chi connectivity index (χ0) is 12.3. The van der Waals surface area contributed by atoms with E-state index in [1.54, 1.807) is 0 Å². The Kier molecular flexibility index (Phi) is 4.43. The molecule has 0 amide bonds. The van der Waals surface area contributed by atoms with Crippen LogP contribution in [0.3, 0.4) is 0 Å². The molecule has 2 rings (SSSR count). The summed E-state index contributed by atoms with van der Waals surface area (Å²) in [5.74, 6) is 0. The van der Waals surface area contributed by atoms with Crippen molar-refractivity contribution < 1.29 is 0 Å². The molecule has 0 unspecified atom stereocenters. The van der Waals surface area contributed by atoms with Gasteiger partial charge in [-0.25, -0.2) is 0 Å². The van der Waals surface area contributed by atoms with Gasteiger partial charge in [0.1, 0.15) is 0 Å². The molecular formula is C14H9Br2Cl. The molecule has 0 aliphatic carbocycles. The highest BCUT2D eigenvalue weighted by atomic mass is 79.9. The van der Waals surface area contributed by atoms with Crippen LogP contribution in [-0.4, -0.2) is 0 Å². The van der Waals surface area contributed by atoms with E-state index in [9.17, 15) is 0 Å². The van der Waals surface area contributed by atoms with Gasteiger partial charge in [-0.1, -0.05) is 63.9 Å². The Morgan fingerprint density at radius 1 is 0.941 bits per heavy atom. The summed E-state index contributed by atoms with van der Waals surface area (Å²) in [7, 11) is 0. The van der Waals surface area contributed by atoms with Crippen molar-refractivity contribution >= 4 is 55.6 Å².